The zero-order valence-electron chi connectivity index (χ0n) is 12.8. The van der Waals surface area contributed by atoms with Gasteiger partial charge < -0.3 is 18.4 Å². The van der Waals surface area contributed by atoms with Crippen molar-refractivity contribution in [3.63, 3.8) is 0 Å². The summed E-state index contributed by atoms with van der Waals surface area (Å²) in [5.41, 5.74) is -6.86. The molecule has 0 amide bonds. The molecule has 0 aromatic carbocycles. The predicted octanol–water partition coefficient (Wildman–Crippen LogP) is 1.62. The molecule has 1 fully saturated rings. The number of halogens is 3. The molecule has 0 N–H and O–H groups in total. The molecule has 136 valence electrons. The number of hydrogen-bond donors (Lipinski definition) is 0. The van der Waals surface area contributed by atoms with E-state index >= 15 is 0 Å². The number of esters is 1. The minimum absolute atomic E-state index is 0.177. The van der Waals surface area contributed by atoms with E-state index in [0.717, 1.165) is 13.2 Å². The van der Waals surface area contributed by atoms with Gasteiger partial charge in [0.25, 0.3) is 0 Å². The average Bonchev–Trinajstić information content (AvgIpc) is 3.02. The summed E-state index contributed by atoms with van der Waals surface area (Å²) >= 11 is 0. The summed E-state index contributed by atoms with van der Waals surface area (Å²) in [6.07, 6.45) is 1.46. The van der Waals surface area contributed by atoms with Gasteiger partial charge in [0.15, 0.2) is 12.0 Å². The molecule has 0 bridgehead atoms. The van der Waals surface area contributed by atoms with Crippen LogP contribution in [-0.2, 0) is 33.3 Å². The second-order valence-corrected chi connectivity index (χ2v) is 6.94. The molecule has 0 saturated carbocycles. The summed E-state index contributed by atoms with van der Waals surface area (Å²) in [5, 5.41) is 0. The summed E-state index contributed by atoms with van der Waals surface area (Å²) in [4.78, 5) is 11.9. The standard InChI is InChI=1S/C13H15F3O7S/c1-12(11-21-5-6-22-11)4-3-9(8(7-12)10(17)20-2)23-24(18,19)13(14,15)16/h3-4,11H,5-7H2,1-2H3. The summed E-state index contributed by atoms with van der Waals surface area (Å²) in [6, 6.07) is 0. The molecular weight excluding hydrogens is 357 g/mol. The molecule has 7 nitrogen and oxygen atoms in total. The van der Waals surface area contributed by atoms with E-state index < -0.39 is 39.1 Å². The van der Waals surface area contributed by atoms with E-state index in [4.69, 9.17) is 9.47 Å². The lowest BCUT2D eigenvalue weighted by Crippen LogP contribution is -2.36. The van der Waals surface area contributed by atoms with Gasteiger partial charge in [-0.1, -0.05) is 13.0 Å². The van der Waals surface area contributed by atoms with E-state index in [1.807, 2.05) is 0 Å². The molecule has 1 atom stereocenters. The van der Waals surface area contributed by atoms with Crippen LogP contribution in [0.25, 0.3) is 0 Å². The molecule has 24 heavy (non-hydrogen) atoms. The first-order valence-corrected chi connectivity index (χ1v) is 8.16. The Labute approximate surface area is 136 Å². The van der Waals surface area contributed by atoms with Crippen LogP contribution in [0.3, 0.4) is 0 Å². The number of alkyl halides is 3. The second-order valence-electron chi connectivity index (χ2n) is 5.41. The molecular formula is C13H15F3O7S. The van der Waals surface area contributed by atoms with E-state index in [9.17, 15) is 26.4 Å². The molecule has 11 heteroatoms. The van der Waals surface area contributed by atoms with Crippen molar-refractivity contribution in [3.8, 4) is 0 Å². The number of carbonyl (C=O) groups is 1. The minimum atomic E-state index is -5.91. The lowest BCUT2D eigenvalue weighted by molar-refractivity contribution is -0.138. The van der Waals surface area contributed by atoms with Crippen molar-refractivity contribution in [3.05, 3.63) is 23.5 Å². The number of allylic oxidation sites excluding steroid dienone is 1. The van der Waals surface area contributed by atoms with Gasteiger partial charge in [-0.3, -0.25) is 0 Å². The molecule has 1 saturated heterocycles. The van der Waals surface area contributed by atoms with E-state index in [-0.39, 0.29) is 12.0 Å². The van der Waals surface area contributed by atoms with Crippen LogP contribution >= 0.6 is 0 Å². The summed E-state index contributed by atoms with van der Waals surface area (Å²) in [7, 11) is -4.89. The molecule has 0 aromatic heterocycles. The first-order valence-electron chi connectivity index (χ1n) is 6.75. The Kier molecular flexibility index (Phi) is 4.98. The lowest BCUT2D eigenvalue weighted by Gasteiger charge is -2.34. The quantitative estimate of drug-likeness (QED) is 0.421. The Morgan fingerprint density at radius 2 is 1.92 bits per heavy atom. The molecule has 1 unspecified atom stereocenters. The summed E-state index contributed by atoms with van der Waals surface area (Å²) in [5.74, 6) is -1.74. The Bertz CT molecular complexity index is 674. The van der Waals surface area contributed by atoms with Gasteiger partial charge in [0, 0.05) is 5.41 Å². The maximum atomic E-state index is 12.5. The molecule has 1 aliphatic carbocycles. The number of ether oxygens (including phenoxy) is 3. The van der Waals surface area contributed by atoms with Crippen molar-refractivity contribution in [2.45, 2.75) is 25.1 Å². The smallest absolute Gasteiger partial charge is 0.466 e. The van der Waals surface area contributed by atoms with Crippen molar-refractivity contribution in [2.75, 3.05) is 20.3 Å². The van der Waals surface area contributed by atoms with Crippen molar-refractivity contribution in [1.29, 1.82) is 0 Å². The molecule has 2 rings (SSSR count). The Balaban J connectivity index is 2.36. The fourth-order valence-corrected chi connectivity index (χ4v) is 2.82. The lowest BCUT2D eigenvalue weighted by atomic mass is 9.79. The largest absolute Gasteiger partial charge is 0.534 e. The average molecular weight is 372 g/mol. The molecule has 0 spiro atoms. The van der Waals surface area contributed by atoms with Crippen LogP contribution in [0.5, 0.6) is 0 Å². The predicted molar refractivity (Wildman–Crippen MR) is 72.7 cm³/mol. The van der Waals surface area contributed by atoms with Crippen molar-refractivity contribution in [1.82, 2.24) is 0 Å². The zero-order valence-corrected chi connectivity index (χ0v) is 13.6. The van der Waals surface area contributed by atoms with Crippen LogP contribution in [0.1, 0.15) is 13.3 Å². The fourth-order valence-electron chi connectivity index (χ4n) is 2.33. The highest BCUT2D eigenvalue weighted by Crippen LogP contribution is 2.41. The first-order chi connectivity index (χ1) is 11.0. The van der Waals surface area contributed by atoms with E-state index in [0.29, 0.717) is 13.2 Å². The van der Waals surface area contributed by atoms with Gasteiger partial charge in [0.1, 0.15) is 0 Å². The number of methoxy groups -OCH3 is 1. The Morgan fingerprint density at radius 1 is 1.33 bits per heavy atom. The third-order valence-electron chi connectivity index (χ3n) is 3.55. The SMILES string of the molecule is COC(=O)C1=C(OS(=O)(=O)C(F)(F)F)C=CC(C)(C2OCCO2)C1. The topological polar surface area (TPSA) is 88.1 Å². The number of hydrogen-bond acceptors (Lipinski definition) is 7. The Morgan fingerprint density at radius 3 is 2.42 bits per heavy atom. The van der Waals surface area contributed by atoms with Gasteiger partial charge in [-0.05, 0) is 12.5 Å². The van der Waals surface area contributed by atoms with Crippen LogP contribution in [0.2, 0.25) is 0 Å². The maximum Gasteiger partial charge on any atom is 0.534 e. The van der Waals surface area contributed by atoms with Crippen LogP contribution in [-0.4, -0.2) is 46.5 Å². The third kappa shape index (κ3) is 3.57. The van der Waals surface area contributed by atoms with Crippen LogP contribution in [0.15, 0.2) is 23.5 Å². The Hall–Kier alpha value is -1.59. The summed E-state index contributed by atoms with van der Waals surface area (Å²) < 4.78 is 79.1. The first kappa shape index (κ1) is 18.7. The van der Waals surface area contributed by atoms with Crippen molar-refractivity contribution >= 4 is 16.1 Å². The normalized spacial score (nSPS) is 25.9. The summed E-state index contributed by atoms with van der Waals surface area (Å²) in [6.45, 7) is 2.31. The van der Waals surface area contributed by atoms with Crippen LogP contribution < -0.4 is 0 Å². The second kappa shape index (κ2) is 6.37. The van der Waals surface area contributed by atoms with Gasteiger partial charge in [-0.25, -0.2) is 4.79 Å². The zero-order chi connectivity index (χ0) is 18.2. The highest BCUT2D eigenvalue weighted by atomic mass is 32.2. The monoisotopic (exact) mass is 372 g/mol. The molecule has 1 aliphatic heterocycles. The van der Waals surface area contributed by atoms with Crippen molar-refractivity contribution in [2.24, 2.45) is 5.41 Å². The van der Waals surface area contributed by atoms with Gasteiger partial charge in [0.05, 0.1) is 25.9 Å². The van der Waals surface area contributed by atoms with E-state index in [1.165, 1.54) is 6.08 Å². The van der Waals surface area contributed by atoms with Crippen molar-refractivity contribution < 1.29 is 44.8 Å². The fraction of sp³-hybridized carbons (Fsp3) is 0.615. The van der Waals surface area contributed by atoms with Gasteiger partial charge in [-0.15, -0.1) is 0 Å². The van der Waals surface area contributed by atoms with Crippen LogP contribution in [0.4, 0.5) is 13.2 Å². The molecule has 0 radical (unpaired) electrons. The number of carbonyl (C=O) groups excluding carboxylic acids is 1. The van der Waals surface area contributed by atoms with Gasteiger partial charge in [0.2, 0.25) is 0 Å². The van der Waals surface area contributed by atoms with E-state index in [2.05, 4.69) is 8.92 Å². The molecule has 2 aliphatic rings. The molecule has 1 heterocycles. The van der Waals surface area contributed by atoms with E-state index in [1.54, 1.807) is 6.92 Å². The van der Waals surface area contributed by atoms with Gasteiger partial charge in [-0.2, -0.15) is 21.6 Å². The maximum absolute atomic E-state index is 12.5. The van der Waals surface area contributed by atoms with Gasteiger partial charge >= 0.3 is 21.6 Å². The highest BCUT2D eigenvalue weighted by molar-refractivity contribution is 7.87. The number of rotatable bonds is 4. The minimum Gasteiger partial charge on any atom is -0.466 e. The molecule has 0 aromatic rings. The highest BCUT2D eigenvalue weighted by Gasteiger charge is 2.50. The third-order valence-corrected chi connectivity index (χ3v) is 4.51. The van der Waals surface area contributed by atoms with Crippen LogP contribution in [0, 0.1) is 5.41 Å².